The van der Waals surface area contributed by atoms with E-state index in [1.807, 2.05) is 0 Å². The molecule has 0 aromatic heterocycles. The van der Waals surface area contributed by atoms with Gasteiger partial charge in [-0.3, -0.25) is 0 Å². The van der Waals surface area contributed by atoms with Gasteiger partial charge >= 0.3 is 6.09 Å². The molecule has 0 bridgehead atoms. The van der Waals surface area contributed by atoms with Crippen molar-refractivity contribution < 1.29 is 23.1 Å². The van der Waals surface area contributed by atoms with E-state index in [1.165, 1.54) is 0 Å². The molecule has 3 atom stereocenters. The monoisotopic (exact) mass is 266 g/mol. The Balaban J connectivity index is 2.88. The van der Waals surface area contributed by atoms with Crippen LogP contribution in [0.3, 0.4) is 0 Å². The summed E-state index contributed by atoms with van der Waals surface area (Å²) in [6.45, 7) is -0.110. The maximum atomic E-state index is 11.4. The summed E-state index contributed by atoms with van der Waals surface area (Å²) in [5.41, 5.74) is 8.92. The Labute approximate surface area is 100 Å². The topological polar surface area (TPSA) is 133 Å². The van der Waals surface area contributed by atoms with E-state index >= 15 is 0 Å². The van der Waals surface area contributed by atoms with Crippen LogP contribution in [0.15, 0.2) is 0 Å². The van der Waals surface area contributed by atoms with E-state index in [4.69, 9.17) is 16.2 Å². The summed E-state index contributed by atoms with van der Waals surface area (Å²) in [4.78, 5) is 10.7. The molecular formula is C9H18N2O5S. The molecule has 5 N–H and O–H groups in total. The van der Waals surface area contributed by atoms with Gasteiger partial charge in [0.25, 0.3) is 0 Å². The van der Waals surface area contributed by atoms with Gasteiger partial charge in [0.15, 0.2) is 0 Å². The molecule has 100 valence electrons. The highest BCUT2D eigenvalue weighted by Gasteiger charge is 2.46. The summed E-state index contributed by atoms with van der Waals surface area (Å²) in [6, 6.07) is 0. The Morgan fingerprint density at radius 1 is 1.59 bits per heavy atom. The number of amides is 1. The van der Waals surface area contributed by atoms with Gasteiger partial charge in [-0.25, -0.2) is 13.2 Å². The fourth-order valence-corrected chi connectivity index (χ4v) is 3.14. The number of primary amides is 1. The third-order valence-electron chi connectivity index (χ3n) is 3.19. The largest absolute Gasteiger partial charge is 0.443 e. The average molecular weight is 266 g/mol. The van der Waals surface area contributed by atoms with Crippen molar-refractivity contribution in [2.45, 2.75) is 36.2 Å². The Morgan fingerprint density at radius 3 is 2.59 bits per heavy atom. The molecule has 3 unspecified atom stereocenters. The van der Waals surface area contributed by atoms with E-state index in [-0.39, 0.29) is 19.4 Å². The van der Waals surface area contributed by atoms with Crippen molar-refractivity contribution in [1.29, 1.82) is 0 Å². The summed E-state index contributed by atoms with van der Waals surface area (Å²) < 4.78 is 27.6. The number of ether oxygens (including phenoxy) is 1. The maximum absolute atomic E-state index is 11.4. The molecule has 0 heterocycles. The van der Waals surface area contributed by atoms with E-state index in [2.05, 4.69) is 0 Å². The van der Waals surface area contributed by atoms with E-state index < -0.39 is 32.9 Å². The van der Waals surface area contributed by atoms with Crippen molar-refractivity contribution in [2.75, 3.05) is 12.8 Å². The summed E-state index contributed by atoms with van der Waals surface area (Å²) in [7, 11) is -3.24. The number of aliphatic hydroxyl groups is 1. The van der Waals surface area contributed by atoms with Crippen molar-refractivity contribution in [1.82, 2.24) is 0 Å². The first-order chi connectivity index (χ1) is 7.69. The Hall–Kier alpha value is -0.860. The minimum Gasteiger partial charge on any atom is -0.443 e. The number of hydrogen-bond donors (Lipinski definition) is 3. The van der Waals surface area contributed by atoms with Gasteiger partial charge in [-0.15, -0.1) is 0 Å². The summed E-state index contributed by atoms with van der Waals surface area (Å²) in [5, 5.41) is 9.48. The maximum Gasteiger partial charge on any atom is 0.404 e. The van der Waals surface area contributed by atoms with E-state index in [0.29, 0.717) is 6.42 Å². The minimum atomic E-state index is -3.24. The predicted octanol–water partition coefficient (Wildman–Crippen LogP) is -1.26. The van der Waals surface area contributed by atoms with Crippen LogP contribution in [0.1, 0.15) is 19.3 Å². The van der Waals surface area contributed by atoms with Crippen molar-refractivity contribution >= 4 is 15.9 Å². The molecule has 1 aliphatic carbocycles. The zero-order valence-corrected chi connectivity index (χ0v) is 10.4. The molecule has 0 aliphatic heterocycles. The van der Waals surface area contributed by atoms with E-state index in [9.17, 15) is 18.3 Å². The first-order valence-electron chi connectivity index (χ1n) is 5.26. The summed E-state index contributed by atoms with van der Waals surface area (Å²) >= 11 is 0. The van der Waals surface area contributed by atoms with Crippen molar-refractivity contribution in [3.8, 4) is 0 Å². The molecular weight excluding hydrogens is 248 g/mol. The molecule has 7 nitrogen and oxygen atoms in total. The van der Waals surface area contributed by atoms with Crippen LogP contribution in [0.25, 0.3) is 0 Å². The minimum absolute atomic E-state index is 0.0233. The second-order valence-electron chi connectivity index (χ2n) is 4.46. The summed E-state index contributed by atoms with van der Waals surface area (Å²) in [5.74, 6) is 0. The van der Waals surface area contributed by atoms with Gasteiger partial charge in [-0.2, -0.15) is 0 Å². The lowest BCUT2D eigenvalue weighted by Crippen LogP contribution is -2.56. The van der Waals surface area contributed by atoms with Gasteiger partial charge < -0.3 is 21.3 Å². The van der Waals surface area contributed by atoms with Crippen LogP contribution in [-0.4, -0.2) is 49.4 Å². The molecule has 0 spiro atoms. The first-order valence-corrected chi connectivity index (χ1v) is 7.22. The highest BCUT2D eigenvalue weighted by atomic mass is 32.2. The zero-order chi connectivity index (χ0) is 13.3. The van der Waals surface area contributed by atoms with Crippen molar-refractivity contribution in [3.05, 3.63) is 0 Å². The quantitative estimate of drug-likeness (QED) is 0.583. The standard InChI is InChI=1S/C9H18N2O5S/c1-17(14,15)6-2-3-9(13,5-10)7(4-6)16-8(11)12/h6-7,13H,2-5,10H2,1H3,(H2,11,12). The van der Waals surface area contributed by atoms with Crippen LogP contribution in [0, 0.1) is 0 Å². The van der Waals surface area contributed by atoms with Crippen LogP contribution in [0.4, 0.5) is 4.79 Å². The molecule has 17 heavy (non-hydrogen) atoms. The lowest BCUT2D eigenvalue weighted by atomic mass is 9.82. The Morgan fingerprint density at radius 2 is 2.18 bits per heavy atom. The molecule has 0 saturated heterocycles. The van der Waals surface area contributed by atoms with E-state index in [1.54, 1.807) is 0 Å². The number of carbonyl (C=O) groups excluding carboxylic acids is 1. The molecule has 0 aromatic rings. The normalized spacial score (nSPS) is 34.3. The van der Waals surface area contributed by atoms with E-state index in [0.717, 1.165) is 6.26 Å². The highest BCUT2D eigenvalue weighted by molar-refractivity contribution is 7.91. The Bertz CT molecular complexity index is 396. The molecule has 1 rings (SSSR count). The molecule has 1 aliphatic rings. The van der Waals surface area contributed by atoms with Gasteiger partial charge in [-0.1, -0.05) is 0 Å². The Kier molecular flexibility index (Phi) is 4.00. The molecule has 0 aromatic carbocycles. The van der Waals surface area contributed by atoms with Crippen molar-refractivity contribution in [2.24, 2.45) is 11.5 Å². The molecule has 1 fully saturated rings. The second-order valence-corrected chi connectivity index (χ2v) is 6.78. The third kappa shape index (κ3) is 3.30. The van der Waals surface area contributed by atoms with Gasteiger partial charge in [-0.05, 0) is 12.8 Å². The van der Waals surface area contributed by atoms with Gasteiger partial charge in [0, 0.05) is 19.2 Å². The fraction of sp³-hybridized carbons (Fsp3) is 0.889. The fourth-order valence-electron chi connectivity index (χ4n) is 2.07. The third-order valence-corrected chi connectivity index (χ3v) is 4.83. The first kappa shape index (κ1) is 14.2. The lowest BCUT2D eigenvalue weighted by molar-refractivity contribution is -0.0939. The van der Waals surface area contributed by atoms with Crippen LogP contribution in [0.5, 0.6) is 0 Å². The SMILES string of the molecule is CS(=O)(=O)C1CCC(O)(CN)C(OC(N)=O)C1. The average Bonchev–Trinajstić information content (AvgIpc) is 2.19. The molecule has 8 heteroatoms. The van der Waals surface area contributed by atoms with Crippen LogP contribution < -0.4 is 11.5 Å². The predicted molar refractivity (Wildman–Crippen MR) is 60.9 cm³/mol. The lowest BCUT2D eigenvalue weighted by Gasteiger charge is -2.40. The number of hydrogen-bond acceptors (Lipinski definition) is 6. The number of rotatable bonds is 3. The number of sulfone groups is 1. The van der Waals surface area contributed by atoms with Crippen LogP contribution in [-0.2, 0) is 14.6 Å². The number of nitrogens with two attached hydrogens (primary N) is 2. The number of carbonyl (C=O) groups is 1. The van der Waals surface area contributed by atoms with Gasteiger partial charge in [0.05, 0.1) is 5.25 Å². The van der Waals surface area contributed by atoms with Gasteiger partial charge in [0.2, 0.25) is 0 Å². The zero-order valence-electron chi connectivity index (χ0n) is 9.63. The van der Waals surface area contributed by atoms with Crippen LogP contribution >= 0.6 is 0 Å². The molecule has 1 amide bonds. The smallest absolute Gasteiger partial charge is 0.404 e. The highest BCUT2D eigenvalue weighted by Crippen LogP contribution is 2.33. The molecule has 0 radical (unpaired) electrons. The van der Waals surface area contributed by atoms with Crippen LogP contribution in [0.2, 0.25) is 0 Å². The van der Waals surface area contributed by atoms with Crippen molar-refractivity contribution in [3.63, 3.8) is 0 Å². The van der Waals surface area contributed by atoms with Gasteiger partial charge in [0.1, 0.15) is 21.5 Å². The summed E-state index contributed by atoms with van der Waals surface area (Å²) in [6.07, 6.45) is -0.416. The second kappa shape index (κ2) is 4.79. The molecule has 1 saturated carbocycles.